The third-order valence-electron chi connectivity index (χ3n) is 2.90. The van der Waals surface area contributed by atoms with Gasteiger partial charge in [-0.15, -0.1) is 0 Å². The van der Waals surface area contributed by atoms with E-state index in [9.17, 15) is 4.79 Å². The number of benzene rings is 1. The smallest absolute Gasteiger partial charge is 0.138 e. The van der Waals surface area contributed by atoms with E-state index in [1.165, 1.54) is 0 Å². The van der Waals surface area contributed by atoms with Gasteiger partial charge in [-0.25, -0.2) is 0 Å². The molecule has 1 unspecified atom stereocenters. The van der Waals surface area contributed by atoms with Crippen LogP contribution in [0.2, 0.25) is 0 Å². The summed E-state index contributed by atoms with van der Waals surface area (Å²) in [5, 5.41) is 9.14. The Hall–Kier alpha value is -1.35. The second-order valence-corrected chi connectivity index (χ2v) is 5.56. The number of phenolic OH excluding ortho intramolecular Hbond substituents is 1. The van der Waals surface area contributed by atoms with Gasteiger partial charge in [-0.3, -0.25) is 4.79 Å². The fourth-order valence-electron chi connectivity index (χ4n) is 1.47. The van der Waals surface area contributed by atoms with Gasteiger partial charge in [0.2, 0.25) is 0 Å². The number of rotatable bonds is 4. The third kappa shape index (κ3) is 4.57. The van der Waals surface area contributed by atoms with Crippen LogP contribution in [-0.4, -0.2) is 16.9 Å². The molecule has 1 aromatic carbocycles. The second kappa shape index (κ2) is 5.32. The van der Waals surface area contributed by atoms with Crippen LogP contribution >= 0.6 is 0 Å². The molecule has 1 aromatic rings. The molecule has 3 N–H and O–H groups in total. The fraction of sp³-hybridized carbons (Fsp3) is 0.500. The number of hydrogen-bond donors (Lipinski definition) is 2. The largest absolute Gasteiger partial charge is 0.508 e. The highest BCUT2D eigenvalue weighted by Crippen LogP contribution is 2.20. The van der Waals surface area contributed by atoms with E-state index in [1.807, 2.05) is 20.8 Å². The Morgan fingerprint density at radius 3 is 2.29 bits per heavy atom. The summed E-state index contributed by atoms with van der Waals surface area (Å²) in [4.78, 5) is 11.8. The first kappa shape index (κ1) is 13.7. The van der Waals surface area contributed by atoms with Crippen molar-refractivity contribution >= 4 is 5.78 Å². The molecule has 3 heteroatoms. The normalized spacial score (nSPS) is 13.4. The molecule has 0 amide bonds. The van der Waals surface area contributed by atoms with Crippen molar-refractivity contribution in [1.29, 1.82) is 0 Å². The Morgan fingerprint density at radius 2 is 1.82 bits per heavy atom. The molecule has 0 aliphatic rings. The minimum atomic E-state index is -0.118. The minimum Gasteiger partial charge on any atom is -0.508 e. The van der Waals surface area contributed by atoms with Crippen LogP contribution in [-0.2, 0) is 11.2 Å². The lowest BCUT2D eigenvalue weighted by Gasteiger charge is -2.26. The van der Waals surface area contributed by atoms with Crippen LogP contribution in [0, 0.1) is 5.41 Å². The standard InChI is InChI=1S/C14H21NO2/c1-14(2,3)13(15)9-12(17)8-10-4-6-11(16)7-5-10/h4-7,13,16H,8-9,15H2,1-3H3. The van der Waals surface area contributed by atoms with Crippen LogP contribution < -0.4 is 5.73 Å². The van der Waals surface area contributed by atoms with Crippen molar-refractivity contribution in [1.82, 2.24) is 0 Å². The highest BCUT2D eigenvalue weighted by Gasteiger charge is 2.22. The molecule has 0 bridgehead atoms. The number of carbonyl (C=O) groups excluding carboxylic acids is 1. The SMILES string of the molecule is CC(C)(C)C(N)CC(=O)Cc1ccc(O)cc1. The Bertz CT molecular complexity index is 376. The van der Waals surface area contributed by atoms with Crippen molar-refractivity contribution in [3.63, 3.8) is 0 Å². The zero-order valence-electron chi connectivity index (χ0n) is 10.7. The van der Waals surface area contributed by atoms with Gasteiger partial charge in [-0.2, -0.15) is 0 Å². The average Bonchev–Trinajstić information content (AvgIpc) is 2.20. The number of nitrogens with two attached hydrogens (primary N) is 1. The van der Waals surface area contributed by atoms with Gasteiger partial charge < -0.3 is 10.8 Å². The van der Waals surface area contributed by atoms with E-state index >= 15 is 0 Å². The fourth-order valence-corrected chi connectivity index (χ4v) is 1.47. The molecular formula is C14H21NO2. The van der Waals surface area contributed by atoms with Crippen molar-refractivity contribution < 1.29 is 9.90 Å². The van der Waals surface area contributed by atoms with Crippen molar-refractivity contribution in [2.24, 2.45) is 11.1 Å². The molecule has 0 fully saturated rings. The summed E-state index contributed by atoms with van der Waals surface area (Å²) < 4.78 is 0. The van der Waals surface area contributed by atoms with Gasteiger partial charge in [0.05, 0.1) is 0 Å². The Kier molecular flexibility index (Phi) is 4.29. The van der Waals surface area contributed by atoms with Gasteiger partial charge in [0.25, 0.3) is 0 Å². The van der Waals surface area contributed by atoms with Crippen molar-refractivity contribution in [2.45, 2.75) is 39.7 Å². The Morgan fingerprint density at radius 1 is 1.29 bits per heavy atom. The molecule has 0 saturated carbocycles. The number of aromatic hydroxyl groups is 1. The topological polar surface area (TPSA) is 63.3 Å². The van der Waals surface area contributed by atoms with Crippen LogP contribution in [0.1, 0.15) is 32.8 Å². The lowest BCUT2D eigenvalue weighted by atomic mass is 9.84. The van der Waals surface area contributed by atoms with Gasteiger partial charge in [0.1, 0.15) is 11.5 Å². The first-order chi connectivity index (χ1) is 7.79. The zero-order valence-corrected chi connectivity index (χ0v) is 10.7. The van der Waals surface area contributed by atoms with Crippen LogP contribution in [0.5, 0.6) is 5.75 Å². The maximum Gasteiger partial charge on any atom is 0.138 e. The highest BCUT2D eigenvalue weighted by atomic mass is 16.3. The molecule has 0 aliphatic heterocycles. The first-order valence-electron chi connectivity index (χ1n) is 5.84. The summed E-state index contributed by atoms with van der Waals surface area (Å²) in [7, 11) is 0. The zero-order chi connectivity index (χ0) is 13.1. The average molecular weight is 235 g/mol. The van der Waals surface area contributed by atoms with Gasteiger partial charge in [-0.05, 0) is 23.1 Å². The van der Waals surface area contributed by atoms with Gasteiger partial charge in [-0.1, -0.05) is 32.9 Å². The molecule has 0 spiro atoms. The molecule has 17 heavy (non-hydrogen) atoms. The molecule has 1 rings (SSSR count). The number of hydrogen-bond acceptors (Lipinski definition) is 3. The van der Waals surface area contributed by atoms with Gasteiger partial charge in [0.15, 0.2) is 0 Å². The molecule has 0 aromatic heterocycles. The molecule has 0 heterocycles. The summed E-state index contributed by atoms with van der Waals surface area (Å²) in [6, 6.07) is 6.58. The van der Waals surface area contributed by atoms with Crippen LogP contribution in [0.15, 0.2) is 24.3 Å². The predicted octanol–water partition coefficient (Wildman–Crippen LogP) is 2.27. The predicted molar refractivity (Wildman–Crippen MR) is 68.9 cm³/mol. The van der Waals surface area contributed by atoms with E-state index in [-0.39, 0.29) is 23.0 Å². The molecule has 1 atom stereocenters. The summed E-state index contributed by atoms with van der Waals surface area (Å²) in [6.45, 7) is 6.10. The summed E-state index contributed by atoms with van der Waals surface area (Å²) in [5.74, 6) is 0.353. The molecule has 3 nitrogen and oxygen atoms in total. The van der Waals surface area contributed by atoms with E-state index in [1.54, 1.807) is 24.3 Å². The second-order valence-electron chi connectivity index (χ2n) is 5.56. The third-order valence-corrected chi connectivity index (χ3v) is 2.90. The van der Waals surface area contributed by atoms with Crippen molar-refractivity contribution in [2.75, 3.05) is 0 Å². The van der Waals surface area contributed by atoms with Gasteiger partial charge in [0, 0.05) is 18.9 Å². The molecular weight excluding hydrogens is 214 g/mol. The molecule has 0 radical (unpaired) electrons. The van der Waals surface area contributed by atoms with Crippen LogP contribution in [0.25, 0.3) is 0 Å². The Labute approximate surface area is 103 Å². The van der Waals surface area contributed by atoms with E-state index in [4.69, 9.17) is 10.8 Å². The highest BCUT2D eigenvalue weighted by molar-refractivity contribution is 5.81. The number of phenols is 1. The number of carbonyl (C=O) groups is 1. The van der Waals surface area contributed by atoms with E-state index in [0.29, 0.717) is 12.8 Å². The monoisotopic (exact) mass is 235 g/mol. The van der Waals surface area contributed by atoms with Crippen molar-refractivity contribution in [3.8, 4) is 5.75 Å². The first-order valence-corrected chi connectivity index (χ1v) is 5.84. The molecule has 94 valence electrons. The Balaban J connectivity index is 2.53. The summed E-state index contributed by atoms with van der Waals surface area (Å²) >= 11 is 0. The van der Waals surface area contributed by atoms with E-state index in [0.717, 1.165) is 5.56 Å². The lowest BCUT2D eigenvalue weighted by molar-refractivity contribution is -0.119. The summed E-state index contributed by atoms with van der Waals surface area (Å²) in [6.07, 6.45) is 0.772. The minimum absolute atomic E-state index is 0.0510. The van der Waals surface area contributed by atoms with Crippen molar-refractivity contribution in [3.05, 3.63) is 29.8 Å². The van der Waals surface area contributed by atoms with Crippen LogP contribution in [0.4, 0.5) is 0 Å². The van der Waals surface area contributed by atoms with E-state index in [2.05, 4.69) is 0 Å². The van der Waals surface area contributed by atoms with Crippen LogP contribution in [0.3, 0.4) is 0 Å². The van der Waals surface area contributed by atoms with Gasteiger partial charge >= 0.3 is 0 Å². The lowest BCUT2D eigenvalue weighted by Crippen LogP contribution is -2.37. The van der Waals surface area contributed by atoms with E-state index < -0.39 is 0 Å². The summed E-state index contributed by atoms with van der Waals surface area (Å²) in [5.41, 5.74) is 6.83. The molecule has 0 saturated heterocycles. The number of ketones is 1. The maximum atomic E-state index is 11.8. The maximum absolute atomic E-state index is 11.8. The number of Topliss-reactive ketones (excluding diaryl/α,β-unsaturated/α-hetero) is 1. The quantitative estimate of drug-likeness (QED) is 0.841. The molecule has 0 aliphatic carbocycles.